The summed E-state index contributed by atoms with van der Waals surface area (Å²) < 4.78 is 0. The van der Waals surface area contributed by atoms with Gasteiger partial charge >= 0.3 is 0 Å². The summed E-state index contributed by atoms with van der Waals surface area (Å²) in [6.07, 6.45) is 2.25. The van der Waals surface area contributed by atoms with Gasteiger partial charge in [-0.05, 0) is 46.7 Å². The fraction of sp³-hybridized carbons (Fsp3) is 0.923. The maximum Gasteiger partial charge on any atom is 0.234 e. The van der Waals surface area contributed by atoms with Gasteiger partial charge in [-0.1, -0.05) is 6.92 Å². The smallest absolute Gasteiger partial charge is 0.234 e. The van der Waals surface area contributed by atoms with Gasteiger partial charge in [0.2, 0.25) is 5.91 Å². The molecule has 4 nitrogen and oxygen atoms in total. The summed E-state index contributed by atoms with van der Waals surface area (Å²) in [5, 5.41) is 6.39. The predicted molar refractivity (Wildman–Crippen MR) is 78.3 cm³/mol. The highest BCUT2D eigenvalue weighted by atomic mass is 35.5. The zero-order chi connectivity index (χ0) is 12.9. The molecule has 18 heavy (non-hydrogen) atoms. The van der Waals surface area contributed by atoms with Crippen LogP contribution in [0.25, 0.3) is 0 Å². The Balaban J connectivity index is 0.00000289. The van der Waals surface area contributed by atoms with E-state index < -0.39 is 0 Å². The van der Waals surface area contributed by atoms with Gasteiger partial charge in [-0.25, -0.2) is 0 Å². The Morgan fingerprint density at radius 2 is 2.11 bits per heavy atom. The Bertz CT molecular complexity index is 247. The van der Waals surface area contributed by atoms with Gasteiger partial charge in [0, 0.05) is 18.1 Å². The summed E-state index contributed by atoms with van der Waals surface area (Å²) in [5.74, 6) is 0.137. The number of halogens is 1. The molecule has 1 fully saturated rings. The lowest BCUT2D eigenvalue weighted by Crippen LogP contribution is -2.49. The average molecular weight is 278 g/mol. The quantitative estimate of drug-likeness (QED) is 0.798. The van der Waals surface area contributed by atoms with Gasteiger partial charge in [0.1, 0.15) is 0 Å². The highest BCUT2D eigenvalue weighted by Crippen LogP contribution is 2.09. The molecule has 2 N–H and O–H groups in total. The Hall–Kier alpha value is -0.320. The van der Waals surface area contributed by atoms with Gasteiger partial charge < -0.3 is 10.6 Å². The Morgan fingerprint density at radius 3 is 2.56 bits per heavy atom. The Morgan fingerprint density at radius 1 is 1.44 bits per heavy atom. The van der Waals surface area contributed by atoms with Gasteiger partial charge in [0.05, 0.1) is 6.54 Å². The van der Waals surface area contributed by atoms with Crippen LogP contribution in [0.1, 0.15) is 40.5 Å². The first-order valence-corrected chi connectivity index (χ1v) is 6.68. The standard InChI is InChI=1S/C13H27N3O.ClH/c1-5-8-16(11-6-7-14-9-11)10-12(17)15-13(2,3)4;/h11,14H,5-10H2,1-4H3,(H,15,17);1H. The second-order valence-corrected chi connectivity index (χ2v) is 5.92. The summed E-state index contributed by atoms with van der Waals surface area (Å²) in [6, 6.07) is 0.528. The summed E-state index contributed by atoms with van der Waals surface area (Å²) in [6.45, 7) is 11.8. The van der Waals surface area contributed by atoms with Gasteiger partial charge in [0.25, 0.3) is 0 Å². The van der Waals surface area contributed by atoms with Gasteiger partial charge in [-0.3, -0.25) is 9.69 Å². The van der Waals surface area contributed by atoms with Crippen molar-refractivity contribution >= 4 is 18.3 Å². The highest BCUT2D eigenvalue weighted by Gasteiger charge is 2.24. The minimum absolute atomic E-state index is 0. The fourth-order valence-corrected chi connectivity index (χ4v) is 2.27. The van der Waals surface area contributed by atoms with Crippen LogP contribution in [0.5, 0.6) is 0 Å². The van der Waals surface area contributed by atoms with Crippen LogP contribution < -0.4 is 10.6 Å². The third-order valence-electron chi connectivity index (χ3n) is 2.92. The van der Waals surface area contributed by atoms with Crippen LogP contribution in [0.4, 0.5) is 0 Å². The molecule has 0 spiro atoms. The fourth-order valence-electron chi connectivity index (χ4n) is 2.27. The summed E-state index contributed by atoms with van der Waals surface area (Å²) in [7, 11) is 0. The van der Waals surface area contributed by atoms with E-state index in [1.165, 1.54) is 0 Å². The van der Waals surface area contributed by atoms with Gasteiger partial charge in [-0.15, -0.1) is 12.4 Å². The first-order chi connectivity index (χ1) is 7.92. The third kappa shape index (κ3) is 6.57. The molecule has 0 bridgehead atoms. The van der Waals surface area contributed by atoms with Crippen molar-refractivity contribution < 1.29 is 4.79 Å². The molecule has 5 heteroatoms. The maximum atomic E-state index is 11.9. The van der Waals surface area contributed by atoms with E-state index in [0.29, 0.717) is 12.6 Å². The van der Waals surface area contributed by atoms with E-state index in [9.17, 15) is 4.79 Å². The van der Waals surface area contributed by atoms with Gasteiger partial charge in [0.15, 0.2) is 0 Å². The number of carbonyl (C=O) groups excluding carboxylic acids is 1. The van der Waals surface area contributed by atoms with E-state index in [-0.39, 0.29) is 23.9 Å². The molecule has 0 aromatic carbocycles. The lowest BCUT2D eigenvalue weighted by atomic mass is 10.1. The summed E-state index contributed by atoms with van der Waals surface area (Å²) in [5.41, 5.74) is -0.136. The molecule has 0 aromatic rings. The van der Waals surface area contributed by atoms with E-state index in [4.69, 9.17) is 0 Å². The molecule has 0 aromatic heterocycles. The third-order valence-corrected chi connectivity index (χ3v) is 2.92. The molecule has 1 amide bonds. The number of hydrogen-bond donors (Lipinski definition) is 2. The first kappa shape index (κ1) is 17.7. The molecule has 1 unspecified atom stereocenters. The average Bonchev–Trinajstić information content (AvgIpc) is 2.66. The molecule has 1 aliphatic heterocycles. The van der Waals surface area contributed by atoms with Crippen molar-refractivity contribution in [2.24, 2.45) is 0 Å². The Kier molecular flexibility index (Phi) is 7.83. The number of nitrogens with zero attached hydrogens (tertiary/aromatic N) is 1. The van der Waals surface area contributed by atoms with Crippen LogP contribution in [0, 0.1) is 0 Å². The minimum Gasteiger partial charge on any atom is -0.350 e. The number of rotatable bonds is 5. The number of carbonyl (C=O) groups is 1. The lowest BCUT2D eigenvalue weighted by molar-refractivity contribution is -0.124. The zero-order valence-corrected chi connectivity index (χ0v) is 12.9. The number of hydrogen-bond acceptors (Lipinski definition) is 3. The van der Waals surface area contributed by atoms with Crippen molar-refractivity contribution in [3.8, 4) is 0 Å². The van der Waals surface area contributed by atoms with Crippen molar-refractivity contribution in [1.82, 2.24) is 15.5 Å². The van der Waals surface area contributed by atoms with E-state index in [1.807, 2.05) is 20.8 Å². The van der Waals surface area contributed by atoms with Crippen LogP contribution in [0.15, 0.2) is 0 Å². The second kappa shape index (κ2) is 7.97. The summed E-state index contributed by atoms with van der Waals surface area (Å²) in [4.78, 5) is 14.2. The van der Waals surface area contributed by atoms with Gasteiger partial charge in [-0.2, -0.15) is 0 Å². The molecule has 0 saturated carbocycles. The van der Waals surface area contributed by atoms with E-state index in [2.05, 4.69) is 22.5 Å². The molecule has 1 aliphatic rings. The monoisotopic (exact) mass is 277 g/mol. The molecule has 0 radical (unpaired) electrons. The number of amides is 1. The van der Waals surface area contributed by atoms with Crippen LogP contribution in [-0.2, 0) is 4.79 Å². The van der Waals surface area contributed by atoms with Crippen molar-refractivity contribution in [2.45, 2.75) is 52.1 Å². The molecule has 0 aliphatic carbocycles. The van der Waals surface area contributed by atoms with Crippen molar-refractivity contribution in [1.29, 1.82) is 0 Å². The topological polar surface area (TPSA) is 44.4 Å². The Labute approximate surface area is 117 Å². The molecule has 1 rings (SSSR count). The molecule has 108 valence electrons. The highest BCUT2D eigenvalue weighted by molar-refractivity contribution is 5.85. The zero-order valence-electron chi connectivity index (χ0n) is 12.1. The normalized spacial score (nSPS) is 19.7. The van der Waals surface area contributed by atoms with Crippen LogP contribution >= 0.6 is 12.4 Å². The van der Waals surface area contributed by atoms with Crippen molar-refractivity contribution in [3.05, 3.63) is 0 Å². The molecular weight excluding hydrogens is 250 g/mol. The lowest BCUT2D eigenvalue weighted by Gasteiger charge is -2.29. The molecular formula is C13H28ClN3O. The molecule has 1 atom stereocenters. The largest absolute Gasteiger partial charge is 0.350 e. The first-order valence-electron chi connectivity index (χ1n) is 6.68. The molecule has 1 saturated heterocycles. The van der Waals surface area contributed by atoms with E-state index in [0.717, 1.165) is 32.5 Å². The maximum absolute atomic E-state index is 11.9. The van der Waals surface area contributed by atoms with Crippen molar-refractivity contribution in [3.63, 3.8) is 0 Å². The second-order valence-electron chi connectivity index (χ2n) is 5.92. The summed E-state index contributed by atoms with van der Waals surface area (Å²) >= 11 is 0. The van der Waals surface area contributed by atoms with Crippen LogP contribution in [0.3, 0.4) is 0 Å². The molecule has 1 heterocycles. The minimum atomic E-state index is -0.136. The van der Waals surface area contributed by atoms with Crippen molar-refractivity contribution in [2.75, 3.05) is 26.2 Å². The SMILES string of the molecule is CCCN(CC(=O)NC(C)(C)C)C1CCNC1.Cl. The van der Waals surface area contributed by atoms with Crippen LogP contribution in [0.2, 0.25) is 0 Å². The van der Waals surface area contributed by atoms with Crippen LogP contribution in [-0.4, -0.2) is 48.6 Å². The van der Waals surface area contributed by atoms with E-state index in [1.54, 1.807) is 0 Å². The van der Waals surface area contributed by atoms with E-state index >= 15 is 0 Å². The number of nitrogens with one attached hydrogen (secondary N) is 2. The predicted octanol–water partition coefficient (Wildman–Crippen LogP) is 1.40.